The summed E-state index contributed by atoms with van der Waals surface area (Å²) >= 11 is 0. The van der Waals surface area contributed by atoms with Crippen molar-refractivity contribution in [2.75, 3.05) is 19.6 Å². The van der Waals surface area contributed by atoms with Crippen LogP contribution in [0.4, 0.5) is 8.78 Å². The monoisotopic (exact) mass is 148 g/mol. The lowest BCUT2D eigenvalue weighted by molar-refractivity contribution is 0.217. The summed E-state index contributed by atoms with van der Waals surface area (Å²) in [5, 5.41) is 0. The van der Waals surface area contributed by atoms with Crippen molar-refractivity contribution < 1.29 is 8.78 Å². The molecule has 0 bridgehead atoms. The number of rotatable bonds is 2. The molecule has 0 aromatic rings. The standard InChI is InChI=1S/C7H12F2N/c1-2-3-10-4-6(8)7(9)5-10/h6-7H,1-5H2. The lowest BCUT2D eigenvalue weighted by Crippen LogP contribution is -2.21. The molecule has 0 spiro atoms. The molecule has 0 aromatic heterocycles. The van der Waals surface area contributed by atoms with Gasteiger partial charge in [-0.3, -0.25) is 4.90 Å². The first-order valence-corrected chi connectivity index (χ1v) is 3.53. The molecular weight excluding hydrogens is 136 g/mol. The van der Waals surface area contributed by atoms with Crippen LogP contribution in [0.3, 0.4) is 0 Å². The predicted molar refractivity (Wildman–Crippen MR) is 36.2 cm³/mol. The van der Waals surface area contributed by atoms with Crippen LogP contribution in [0, 0.1) is 6.92 Å². The zero-order valence-corrected chi connectivity index (χ0v) is 5.89. The molecule has 1 aliphatic rings. The highest BCUT2D eigenvalue weighted by molar-refractivity contribution is 4.83. The van der Waals surface area contributed by atoms with Gasteiger partial charge in [-0.2, -0.15) is 0 Å². The Bertz CT molecular complexity index is 97.8. The number of likely N-dealkylation sites (tertiary alicyclic amines) is 1. The lowest BCUT2D eigenvalue weighted by Gasteiger charge is -2.11. The fourth-order valence-electron chi connectivity index (χ4n) is 1.20. The van der Waals surface area contributed by atoms with E-state index in [4.69, 9.17) is 0 Å². The van der Waals surface area contributed by atoms with Crippen LogP contribution in [-0.2, 0) is 0 Å². The quantitative estimate of drug-likeness (QED) is 0.568. The normalized spacial score (nSPS) is 35.1. The summed E-state index contributed by atoms with van der Waals surface area (Å²) in [5.74, 6) is 0. The van der Waals surface area contributed by atoms with E-state index in [2.05, 4.69) is 6.92 Å². The summed E-state index contributed by atoms with van der Waals surface area (Å²) in [6.07, 6.45) is -1.82. The largest absolute Gasteiger partial charge is 0.297 e. The lowest BCUT2D eigenvalue weighted by atomic mass is 10.3. The summed E-state index contributed by atoms with van der Waals surface area (Å²) in [4.78, 5) is 1.77. The minimum absolute atomic E-state index is 0.247. The topological polar surface area (TPSA) is 3.24 Å². The van der Waals surface area contributed by atoms with E-state index in [1.807, 2.05) is 0 Å². The zero-order chi connectivity index (χ0) is 7.56. The van der Waals surface area contributed by atoms with Crippen molar-refractivity contribution in [3.63, 3.8) is 0 Å². The van der Waals surface area contributed by atoms with Crippen molar-refractivity contribution in [3.05, 3.63) is 6.92 Å². The van der Waals surface area contributed by atoms with Crippen molar-refractivity contribution in [1.82, 2.24) is 4.90 Å². The van der Waals surface area contributed by atoms with E-state index in [-0.39, 0.29) is 13.1 Å². The van der Waals surface area contributed by atoms with Gasteiger partial charge < -0.3 is 0 Å². The van der Waals surface area contributed by atoms with Gasteiger partial charge in [-0.1, -0.05) is 6.92 Å². The molecule has 1 radical (unpaired) electrons. The fourth-order valence-corrected chi connectivity index (χ4v) is 1.20. The molecule has 0 N–H and O–H groups in total. The van der Waals surface area contributed by atoms with E-state index in [0.29, 0.717) is 6.54 Å². The van der Waals surface area contributed by atoms with Gasteiger partial charge >= 0.3 is 0 Å². The Morgan fingerprint density at radius 3 is 2.20 bits per heavy atom. The van der Waals surface area contributed by atoms with Crippen LogP contribution in [0.5, 0.6) is 0 Å². The Labute approximate surface area is 60.0 Å². The zero-order valence-electron chi connectivity index (χ0n) is 5.89. The number of halogens is 2. The summed E-state index contributed by atoms with van der Waals surface area (Å²) in [7, 11) is 0. The fraction of sp³-hybridized carbons (Fsp3) is 0.857. The Morgan fingerprint density at radius 1 is 1.30 bits per heavy atom. The molecule has 1 rings (SSSR count). The molecule has 1 aliphatic heterocycles. The number of nitrogens with zero attached hydrogens (tertiary/aromatic N) is 1. The molecule has 2 unspecified atom stereocenters. The average molecular weight is 148 g/mol. The Morgan fingerprint density at radius 2 is 1.80 bits per heavy atom. The van der Waals surface area contributed by atoms with Crippen LogP contribution in [-0.4, -0.2) is 36.9 Å². The second-order valence-corrected chi connectivity index (χ2v) is 2.65. The second-order valence-electron chi connectivity index (χ2n) is 2.65. The van der Waals surface area contributed by atoms with Crippen molar-refractivity contribution >= 4 is 0 Å². The van der Waals surface area contributed by atoms with Crippen LogP contribution < -0.4 is 0 Å². The third-order valence-corrected chi connectivity index (χ3v) is 1.73. The molecule has 59 valence electrons. The van der Waals surface area contributed by atoms with Gasteiger partial charge in [0, 0.05) is 13.1 Å². The van der Waals surface area contributed by atoms with Crippen LogP contribution in [0.15, 0.2) is 0 Å². The molecule has 0 saturated carbocycles. The highest BCUT2D eigenvalue weighted by atomic mass is 19.2. The summed E-state index contributed by atoms with van der Waals surface area (Å²) in [5.41, 5.74) is 0. The molecule has 10 heavy (non-hydrogen) atoms. The van der Waals surface area contributed by atoms with E-state index in [0.717, 1.165) is 6.42 Å². The SMILES string of the molecule is [CH2]CCN1CC(F)C(F)C1. The first-order chi connectivity index (χ1) is 4.74. The minimum atomic E-state index is -1.27. The maximum absolute atomic E-state index is 12.5. The van der Waals surface area contributed by atoms with Gasteiger partial charge in [-0.15, -0.1) is 0 Å². The third-order valence-electron chi connectivity index (χ3n) is 1.73. The minimum Gasteiger partial charge on any atom is -0.297 e. The summed E-state index contributed by atoms with van der Waals surface area (Å²) < 4.78 is 24.9. The van der Waals surface area contributed by atoms with Gasteiger partial charge in [-0.05, 0) is 13.0 Å². The molecule has 1 heterocycles. The molecule has 0 aliphatic carbocycles. The molecular formula is C7H12F2N. The van der Waals surface area contributed by atoms with Gasteiger partial charge in [0.2, 0.25) is 0 Å². The molecule has 0 aromatic carbocycles. The average Bonchev–Trinajstić information content (AvgIpc) is 2.14. The van der Waals surface area contributed by atoms with E-state index in [1.54, 1.807) is 4.90 Å². The van der Waals surface area contributed by atoms with E-state index in [9.17, 15) is 8.78 Å². The molecule has 1 fully saturated rings. The molecule has 0 amide bonds. The highest BCUT2D eigenvalue weighted by Crippen LogP contribution is 2.15. The first kappa shape index (κ1) is 7.92. The number of hydrogen-bond acceptors (Lipinski definition) is 1. The van der Waals surface area contributed by atoms with Crippen molar-refractivity contribution in [2.45, 2.75) is 18.8 Å². The summed E-state index contributed by atoms with van der Waals surface area (Å²) in [6, 6.07) is 0. The van der Waals surface area contributed by atoms with Gasteiger partial charge in [-0.25, -0.2) is 8.78 Å². The van der Waals surface area contributed by atoms with Crippen molar-refractivity contribution in [1.29, 1.82) is 0 Å². The maximum Gasteiger partial charge on any atom is 0.145 e. The van der Waals surface area contributed by atoms with E-state index >= 15 is 0 Å². The van der Waals surface area contributed by atoms with Crippen LogP contribution in [0.25, 0.3) is 0 Å². The van der Waals surface area contributed by atoms with Crippen molar-refractivity contribution in [2.24, 2.45) is 0 Å². The predicted octanol–water partition coefficient (Wildman–Crippen LogP) is 1.20. The van der Waals surface area contributed by atoms with Crippen LogP contribution in [0.2, 0.25) is 0 Å². The Balaban J connectivity index is 2.27. The van der Waals surface area contributed by atoms with E-state index < -0.39 is 12.3 Å². The van der Waals surface area contributed by atoms with Crippen LogP contribution >= 0.6 is 0 Å². The van der Waals surface area contributed by atoms with Gasteiger partial charge in [0.05, 0.1) is 0 Å². The molecule has 2 atom stereocenters. The van der Waals surface area contributed by atoms with Gasteiger partial charge in [0.15, 0.2) is 0 Å². The van der Waals surface area contributed by atoms with Crippen LogP contribution in [0.1, 0.15) is 6.42 Å². The first-order valence-electron chi connectivity index (χ1n) is 3.53. The maximum atomic E-state index is 12.5. The smallest absolute Gasteiger partial charge is 0.145 e. The van der Waals surface area contributed by atoms with Gasteiger partial charge in [0.25, 0.3) is 0 Å². The number of hydrogen-bond donors (Lipinski definition) is 0. The third kappa shape index (κ3) is 1.66. The number of alkyl halides is 2. The highest BCUT2D eigenvalue weighted by Gasteiger charge is 2.31. The molecule has 1 saturated heterocycles. The van der Waals surface area contributed by atoms with Gasteiger partial charge in [0.1, 0.15) is 12.3 Å². The van der Waals surface area contributed by atoms with Crippen molar-refractivity contribution in [3.8, 4) is 0 Å². The van der Waals surface area contributed by atoms with E-state index in [1.165, 1.54) is 0 Å². The Hall–Kier alpha value is -0.180. The Kier molecular flexibility index (Phi) is 2.60. The summed E-state index contributed by atoms with van der Waals surface area (Å²) in [6.45, 7) is 4.82. The second kappa shape index (κ2) is 3.28. The molecule has 1 nitrogen and oxygen atoms in total. The molecule has 3 heteroatoms.